The van der Waals surface area contributed by atoms with Crippen LogP contribution in [0, 0.1) is 0 Å². The molecule has 0 spiro atoms. The van der Waals surface area contributed by atoms with Crippen molar-refractivity contribution in [1.82, 2.24) is 0 Å². The van der Waals surface area contributed by atoms with Crippen LogP contribution in [0.5, 0.6) is 0 Å². The zero-order valence-corrected chi connectivity index (χ0v) is 14.7. The van der Waals surface area contributed by atoms with Gasteiger partial charge in [0.05, 0.1) is 10.5 Å². The zero-order chi connectivity index (χ0) is 15.7. The molecular formula is C17H25ClO2S. The van der Waals surface area contributed by atoms with Crippen LogP contribution >= 0.6 is 11.6 Å². The maximum Gasteiger partial charge on any atom is 0.155 e. The molecule has 0 bridgehead atoms. The van der Waals surface area contributed by atoms with Crippen molar-refractivity contribution >= 4 is 21.4 Å². The van der Waals surface area contributed by atoms with E-state index in [-0.39, 0.29) is 11.2 Å². The Labute approximate surface area is 133 Å². The van der Waals surface area contributed by atoms with Crippen molar-refractivity contribution in [2.75, 3.05) is 11.6 Å². The summed E-state index contributed by atoms with van der Waals surface area (Å²) in [5, 5.41) is 0. The van der Waals surface area contributed by atoms with Gasteiger partial charge in [-0.25, -0.2) is 8.42 Å². The number of hydrogen-bond acceptors (Lipinski definition) is 2. The average molecular weight is 329 g/mol. The highest BCUT2D eigenvalue weighted by molar-refractivity contribution is 7.92. The first-order valence-electron chi connectivity index (χ1n) is 7.58. The minimum atomic E-state index is -3.11. The van der Waals surface area contributed by atoms with E-state index in [9.17, 15) is 8.42 Å². The summed E-state index contributed by atoms with van der Waals surface area (Å²) < 4.78 is 24.1. The summed E-state index contributed by atoms with van der Waals surface area (Å²) in [6, 6.07) is 8.35. The summed E-state index contributed by atoms with van der Waals surface area (Å²) in [4.78, 5) is 0. The summed E-state index contributed by atoms with van der Waals surface area (Å²) in [5.74, 6) is 0.696. The smallest absolute Gasteiger partial charge is 0.155 e. The minimum Gasteiger partial charge on any atom is -0.228 e. The maximum absolute atomic E-state index is 12.4. The lowest BCUT2D eigenvalue weighted by atomic mass is 9.69. The molecule has 0 N–H and O–H groups in total. The van der Waals surface area contributed by atoms with Crippen LogP contribution in [0.1, 0.15) is 51.2 Å². The summed E-state index contributed by atoms with van der Waals surface area (Å²) in [6.07, 6.45) is 3.75. The van der Waals surface area contributed by atoms with Gasteiger partial charge in [-0.3, -0.25) is 0 Å². The van der Waals surface area contributed by atoms with Gasteiger partial charge in [0.1, 0.15) is 0 Å². The van der Waals surface area contributed by atoms with Crippen molar-refractivity contribution in [3.8, 4) is 0 Å². The molecule has 0 saturated heterocycles. The molecule has 0 fully saturated rings. The van der Waals surface area contributed by atoms with Gasteiger partial charge in [-0.05, 0) is 57.6 Å². The normalized spacial score (nSPS) is 22.9. The van der Waals surface area contributed by atoms with Crippen LogP contribution in [0.3, 0.4) is 0 Å². The van der Waals surface area contributed by atoms with Crippen LogP contribution in [-0.4, -0.2) is 24.8 Å². The van der Waals surface area contributed by atoms with Crippen LogP contribution in [0.4, 0.5) is 0 Å². The van der Waals surface area contributed by atoms with E-state index in [1.165, 1.54) is 11.1 Å². The van der Waals surface area contributed by atoms with Crippen molar-refractivity contribution in [3.63, 3.8) is 0 Å². The number of fused-ring (bicyclic) bond motifs is 1. The summed E-state index contributed by atoms with van der Waals surface area (Å²) in [7, 11) is -3.11. The molecule has 1 atom stereocenters. The van der Waals surface area contributed by atoms with Gasteiger partial charge < -0.3 is 0 Å². The van der Waals surface area contributed by atoms with E-state index < -0.39 is 14.6 Å². The first-order chi connectivity index (χ1) is 9.72. The quantitative estimate of drug-likeness (QED) is 0.780. The molecule has 2 nitrogen and oxygen atoms in total. The Kier molecular flexibility index (Phi) is 4.75. The second-order valence-electron chi connectivity index (χ2n) is 7.11. The van der Waals surface area contributed by atoms with Gasteiger partial charge in [0, 0.05) is 11.3 Å². The van der Waals surface area contributed by atoms with Crippen LogP contribution in [0.2, 0.25) is 0 Å². The molecule has 0 saturated carbocycles. The predicted octanol–water partition coefficient (Wildman–Crippen LogP) is 4.10. The molecule has 2 rings (SSSR count). The number of alkyl halides is 1. The predicted molar refractivity (Wildman–Crippen MR) is 89.9 cm³/mol. The number of aryl methyl sites for hydroxylation is 1. The number of benzene rings is 1. The van der Waals surface area contributed by atoms with E-state index in [1.54, 1.807) is 20.8 Å². The monoisotopic (exact) mass is 328 g/mol. The molecular weight excluding hydrogens is 304 g/mol. The van der Waals surface area contributed by atoms with E-state index >= 15 is 0 Å². The third-order valence-corrected chi connectivity index (χ3v) is 7.85. The summed E-state index contributed by atoms with van der Waals surface area (Å²) >= 11 is 6.31. The van der Waals surface area contributed by atoms with Gasteiger partial charge in [0.15, 0.2) is 9.84 Å². The van der Waals surface area contributed by atoms with Crippen LogP contribution < -0.4 is 0 Å². The van der Waals surface area contributed by atoms with Crippen LogP contribution in [0.15, 0.2) is 24.3 Å². The zero-order valence-electron chi connectivity index (χ0n) is 13.2. The van der Waals surface area contributed by atoms with Gasteiger partial charge in [0.2, 0.25) is 0 Å². The fourth-order valence-corrected chi connectivity index (χ4v) is 4.79. The SMILES string of the molecule is CC(C)(C)S(=O)(=O)CCC1(CCl)CCCc2ccccc21. The lowest BCUT2D eigenvalue weighted by Gasteiger charge is -2.38. The highest BCUT2D eigenvalue weighted by Gasteiger charge is 2.38. The molecule has 118 valence electrons. The second kappa shape index (κ2) is 5.92. The summed E-state index contributed by atoms with van der Waals surface area (Å²) in [6.45, 7) is 5.31. The Bertz CT molecular complexity index is 601. The molecule has 0 aromatic heterocycles. The first-order valence-corrected chi connectivity index (χ1v) is 9.77. The number of halogens is 1. The Morgan fingerprint density at radius 3 is 2.52 bits per heavy atom. The molecule has 1 aromatic rings. The van der Waals surface area contributed by atoms with Gasteiger partial charge in [-0.2, -0.15) is 0 Å². The molecule has 0 aliphatic heterocycles. The third kappa shape index (κ3) is 3.29. The minimum absolute atomic E-state index is 0.186. The highest BCUT2D eigenvalue weighted by Crippen LogP contribution is 2.41. The van der Waals surface area contributed by atoms with E-state index in [2.05, 4.69) is 18.2 Å². The fraction of sp³-hybridized carbons (Fsp3) is 0.647. The lowest BCUT2D eigenvalue weighted by molar-refractivity contribution is 0.385. The first kappa shape index (κ1) is 16.8. The van der Waals surface area contributed by atoms with Crippen molar-refractivity contribution in [3.05, 3.63) is 35.4 Å². The Hall–Kier alpha value is -0.540. The highest BCUT2D eigenvalue weighted by atomic mass is 35.5. The standard InChI is InChI=1S/C17H25ClO2S/c1-16(2,3)21(19,20)12-11-17(13-18)10-6-8-14-7-4-5-9-15(14)17/h4-5,7,9H,6,8,10-13H2,1-3H3. The van der Waals surface area contributed by atoms with E-state index in [0.29, 0.717) is 12.3 Å². The van der Waals surface area contributed by atoms with Gasteiger partial charge in [-0.15, -0.1) is 11.6 Å². The van der Waals surface area contributed by atoms with Crippen LogP contribution in [-0.2, 0) is 21.7 Å². The molecule has 1 aliphatic rings. The molecule has 1 aromatic carbocycles. The number of sulfone groups is 1. The second-order valence-corrected chi connectivity index (χ2v) is 10.2. The molecule has 1 aliphatic carbocycles. The van der Waals surface area contributed by atoms with Crippen molar-refractivity contribution in [2.45, 2.75) is 56.6 Å². The third-order valence-electron chi connectivity index (χ3n) is 4.73. The number of hydrogen-bond donors (Lipinski definition) is 0. The topological polar surface area (TPSA) is 34.1 Å². The Balaban J connectivity index is 2.29. The average Bonchev–Trinajstić information content (AvgIpc) is 2.44. The van der Waals surface area contributed by atoms with E-state index in [1.807, 2.05) is 6.07 Å². The van der Waals surface area contributed by atoms with Gasteiger partial charge in [0.25, 0.3) is 0 Å². The van der Waals surface area contributed by atoms with Crippen molar-refractivity contribution < 1.29 is 8.42 Å². The van der Waals surface area contributed by atoms with Crippen LogP contribution in [0.25, 0.3) is 0 Å². The maximum atomic E-state index is 12.4. The van der Waals surface area contributed by atoms with E-state index in [0.717, 1.165) is 19.3 Å². The van der Waals surface area contributed by atoms with E-state index in [4.69, 9.17) is 11.6 Å². The molecule has 0 heterocycles. The van der Waals surface area contributed by atoms with Gasteiger partial charge in [-0.1, -0.05) is 24.3 Å². The molecule has 0 radical (unpaired) electrons. The molecule has 1 unspecified atom stereocenters. The van der Waals surface area contributed by atoms with Crippen molar-refractivity contribution in [1.29, 1.82) is 0 Å². The fourth-order valence-electron chi connectivity index (χ4n) is 3.11. The van der Waals surface area contributed by atoms with Crippen molar-refractivity contribution in [2.24, 2.45) is 0 Å². The molecule has 4 heteroatoms. The molecule has 21 heavy (non-hydrogen) atoms. The largest absolute Gasteiger partial charge is 0.228 e. The van der Waals surface area contributed by atoms with Gasteiger partial charge >= 0.3 is 0 Å². The number of rotatable bonds is 4. The Morgan fingerprint density at radius 2 is 1.90 bits per heavy atom. The lowest BCUT2D eigenvalue weighted by Crippen LogP contribution is -2.38. The molecule has 0 amide bonds. The summed E-state index contributed by atoms with van der Waals surface area (Å²) in [5.41, 5.74) is 2.40. The Morgan fingerprint density at radius 1 is 1.24 bits per heavy atom.